The van der Waals surface area contributed by atoms with E-state index in [1.54, 1.807) is 12.1 Å². The summed E-state index contributed by atoms with van der Waals surface area (Å²) in [4.78, 5) is 16.3. The summed E-state index contributed by atoms with van der Waals surface area (Å²) >= 11 is 0. The van der Waals surface area contributed by atoms with E-state index >= 15 is 0 Å². The number of halogens is 1. The fraction of sp³-hybridized carbons (Fsp3) is 0.294. The zero-order valence-corrected chi connectivity index (χ0v) is 14.5. The molecule has 0 saturated heterocycles. The number of primary sulfonamides is 1. The molecule has 2 aromatic rings. The van der Waals surface area contributed by atoms with Crippen LogP contribution >= 0.6 is 0 Å². The standard InChI is InChI=1S/C17H18FN3O3S/c1-17(2)14(10-3-5-13(6-4-10)25(19,23)24)15(17)16(22)21-12-7-11(18)8-20-9-12/h3-9,14-15H,1-2H3,(H,21,22)(H2,19,23,24)/t14-,15+/m1/s1. The Kier molecular flexibility index (Phi) is 4.12. The van der Waals surface area contributed by atoms with Crippen LogP contribution in [0.5, 0.6) is 0 Å². The lowest BCUT2D eigenvalue weighted by atomic mass is 10.0. The number of anilines is 1. The van der Waals surface area contributed by atoms with Crippen molar-refractivity contribution in [2.45, 2.75) is 24.7 Å². The zero-order valence-electron chi connectivity index (χ0n) is 13.7. The molecule has 0 bridgehead atoms. The highest BCUT2D eigenvalue weighted by Crippen LogP contribution is 2.64. The number of aromatic nitrogens is 1. The smallest absolute Gasteiger partial charge is 0.238 e. The molecule has 0 unspecified atom stereocenters. The van der Waals surface area contributed by atoms with Gasteiger partial charge in [-0.25, -0.2) is 17.9 Å². The molecule has 1 aromatic heterocycles. The Bertz CT molecular complexity index is 926. The van der Waals surface area contributed by atoms with Gasteiger partial charge in [0.05, 0.1) is 28.9 Å². The van der Waals surface area contributed by atoms with Gasteiger partial charge in [-0.2, -0.15) is 0 Å². The first-order valence-corrected chi connectivity index (χ1v) is 9.19. The Labute approximate surface area is 145 Å². The van der Waals surface area contributed by atoms with Gasteiger partial charge in [0, 0.05) is 12.0 Å². The number of hydrogen-bond donors (Lipinski definition) is 2. The van der Waals surface area contributed by atoms with E-state index in [1.165, 1.54) is 24.4 Å². The number of carbonyl (C=O) groups is 1. The average molecular weight is 363 g/mol. The molecule has 1 heterocycles. The molecular formula is C17H18FN3O3S. The van der Waals surface area contributed by atoms with Gasteiger partial charge in [-0.3, -0.25) is 9.78 Å². The van der Waals surface area contributed by atoms with Crippen molar-refractivity contribution in [1.29, 1.82) is 0 Å². The van der Waals surface area contributed by atoms with Gasteiger partial charge in [-0.1, -0.05) is 26.0 Å². The van der Waals surface area contributed by atoms with Crippen LogP contribution in [0.1, 0.15) is 25.3 Å². The third-order valence-electron chi connectivity index (χ3n) is 4.65. The van der Waals surface area contributed by atoms with E-state index in [0.29, 0.717) is 5.69 Å². The summed E-state index contributed by atoms with van der Waals surface area (Å²) in [5.41, 5.74) is 0.861. The van der Waals surface area contributed by atoms with Crippen molar-refractivity contribution in [3.63, 3.8) is 0 Å². The molecule has 1 saturated carbocycles. The molecular weight excluding hydrogens is 345 g/mol. The predicted molar refractivity (Wildman–Crippen MR) is 90.7 cm³/mol. The van der Waals surface area contributed by atoms with E-state index in [4.69, 9.17) is 5.14 Å². The SMILES string of the molecule is CC1(C)[C@H](C(=O)Nc2cncc(F)c2)[C@H]1c1ccc(S(N)(=O)=O)cc1. The number of hydrogen-bond acceptors (Lipinski definition) is 4. The largest absolute Gasteiger partial charge is 0.324 e. The lowest BCUT2D eigenvalue weighted by molar-refractivity contribution is -0.118. The maximum atomic E-state index is 13.2. The quantitative estimate of drug-likeness (QED) is 0.869. The lowest BCUT2D eigenvalue weighted by Crippen LogP contribution is -2.17. The van der Waals surface area contributed by atoms with Gasteiger partial charge in [0.25, 0.3) is 0 Å². The van der Waals surface area contributed by atoms with Crippen molar-refractivity contribution >= 4 is 21.6 Å². The van der Waals surface area contributed by atoms with E-state index in [1.807, 2.05) is 13.8 Å². The molecule has 0 radical (unpaired) electrons. The highest BCUT2D eigenvalue weighted by atomic mass is 32.2. The van der Waals surface area contributed by atoms with Crippen molar-refractivity contribution in [3.8, 4) is 0 Å². The number of nitrogens with one attached hydrogen (secondary N) is 1. The molecule has 1 fully saturated rings. The molecule has 3 rings (SSSR count). The summed E-state index contributed by atoms with van der Waals surface area (Å²) in [7, 11) is -3.75. The highest BCUT2D eigenvalue weighted by molar-refractivity contribution is 7.89. The molecule has 3 N–H and O–H groups in total. The predicted octanol–water partition coefficient (Wildman–Crippen LogP) is 2.25. The normalized spacial score (nSPS) is 21.6. The van der Waals surface area contributed by atoms with Crippen LogP contribution in [0.4, 0.5) is 10.1 Å². The second kappa shape index (κ2) is 5.89. The van der Waals surface area contributed by atoms with Gasteiger partial charge in [0.2, 0.25) is 15.9 Å². The lowest BCUT2D eigenvalue weighted by Gasteiger charge is -2.05. The molecule has 0 spiro atoms. The first kappa shape index (κ1) is 17.5. The van der Waals surface area contributed by atoms with Crippen molar-refractivity contribution in [2.24, 2.45) is 16.5 Å². The first-order valence-electron chi connectivity index (χ1n) is 7.65. The van der Waals surface area contributed by atoms with E-state index in [9.17, 15) is 17.6 Å². The average Bonchev–Trinajstić information content (AvgIpc) is 3.09. The Balaban J connectivity index is 1.78. The van der Waals surface area contributed by atoms with Gasteiger partial charge in [-0.05, 0) is 23.1 Å². The van der Waals surface area contributed by atoms with Crippen molar-refractivity contribution in [3.05, 3.63) is 54.1 Å². The molecule has 1 aliphatic rings. The maximum absolute atomic E-state index is 13.2. The molecule has 2 atom stereocenters. The number of benzene rings is 1. The summed E-state index contributed by atoms with van der Waals surface area (Å²) in [5, 5.41) is 7.78. The first-order chi connectivity index (χ1) is 11.6. The maximum Gasteiger partial charge on any atom is 0.238 e. The van der Waals surface area contributed by atoms with Gasteiger partial charge in [-0.15, -0.1) is 0 Å². The van der Waals surface area contributed by atoms with Gasteiger partial charge in [0.1, 0.15) is 5.82 Å². The van der Waals surface area contributed by atoms with Crippen LogP contribution in [-0.2, 0) is 14.8 Å². The van der Waals surface area contributed by atoms with Crippen LogP contribution in [0.25, 0.3) is 0 Å². The zero-order chi connectivity index (χ0) is 18.4. The van der Waals surface area contributed by atoms with Gasteiger partial charge < -0.3 is 5.32 Å². The summed E-state index contributed by atoms with van der Waals surface area (Å²) in [6.45, 7) is 3.92. The van der Waals surface area contributed by atoms with Crippen LogP contribution in [0.2, 0.25) is 0 Å². The summed E-state index contributed by atoms with van der Waals surface area (Å²) in [6, 6.07) is 7.41. The van der Waals surface area contributed by atoms with Crippen LogP contribution in [0, 0.1) is 17.2 Å². The van der Waals surface area contributed by atoms with Crippen LogP contribution in [0.15, 0.2) is 47.6 Å². The number of nitrogens with zero attached hydrogens (tertiary/aromatic N) is 1. The Morgan fingerprint density at radius 3 is 2.44 bits per heavy atom. The van der Waals surface area contributed by atoms with Crippen LogP contribution < -0.4 is 10.5 Å². The summed E-state index contributed by atoms with van der Waals surface area (Å²) < 4.78 is 35.9. The highest BCUT2D eigenvalue weighted by Gasteiger charge is 2.62. The second-order valence-corrected chi connectivity index (χ2v) is 8.33. The molecule has 132 valence electrons. The Morgan fingerprint density at radius 2 is 1.88 bits per heavy atom. The molecule has 8 heteroatoms. The number of sulfonamides is 1. The summed E-state index contributed by atoms with van der Waals surface area (Å²) in [6.07, 6.45) is 2.44. The van der Waals surface area contributed by atoms with Crippen molar-refractivity contribution in [1.82, 2.24) is 4.98 Å². The molecule has 0 aliphatic heterocycles. The van der Waals surface area contributed by atoms with E-state index in [2.05, 4.69) is 10.3 Å². The minimum atomic E-state index is -3.75. The minimum absolute atomic E-state index is 0.0292. The van der Waals surface area contributed by atoms with Crippen molar-refractivity contribution < 1.29 is 17.6 Å². The Hall–Kier alpha value is -2.32. The topological polar surface area (TPSA) is 102 Å². The molecule has 6 nitrogen and oxygen atoms in total. The van der Waals surface area contributed by atoms with E-state index in [-0.39, 0.29) is 28.1 Å². The van der Waals surface area contributed by atoms with Crippen LogP contribution in [-0.4, -0.2) is 19.3 Å². The number of carbonyl (C=O) groups excluding carboxylic acids is 1. The Morgan fingerprint density at radius 1 is 1.24 bits per heavy atom. The fourth-order valence-electron chi connectivity index (χ4n) is 3.31. The molecule has 1 amide bonds. The van der Waals surface area contributed by atoms with Crippen molar-refractivity contribution in [2.75, 3.05) is 5.32 Å². The number of rotatable bonds is 4. The third-order valence-corrected chi connectivity index (χ3v) is 5.58. The number of pyridine rings is 1. The van der Waals surface area contributed by atoms with E-state index < -0.39 is 15.8 Å². The van der Waals surface area contributed by atoms with E-state index in [0.717, 1.165) is 11.8 Å². The number of nitrogens with two attached hydrogens (primary N) is 1. The fourth-order valence-corrected chi connectivity index (χ4v) is 3.83. The molecule has 1 aromatic carbocycles. The summed E-state index contributed by atoms with van der Waals surface area (Å²) in [5.74, 6) is -1.12. The molecule has 1 aliphatic carbocycles. The minimum Gasteiger partial charge on any atom is -0.324 e. The van der Waals surface area contributed by atoms with Gasteiger partial charge in [0.15, 0.2) is 0 Å². The third kappa shape index (κ3) is 3.40. The van der Waals surface area contributed by atoms with Gasteiger partial charge >= 0.3 is 0 Å². The van der Waals surface area contributed by atoms with Crippen LogP contribution in [0.3, 0.4) is 0 Å². The monoisotopic (exact) mass is 363 g/mol. The molecule has 25 heavy (non-hydrogen) atoms. The second-order valence-electron chi connectivity index (χ2n) is 6.77. The number of amides is 1.